The maximum absolute atomic E-state index is 10.9. The van der Waals surface area contributed by atoms with Crippen LogP contribution in [0.2, 0.25) is 0 Å². The van der Waals surface area contributed by atoms with E-state index in [9.17, 15) is 4.79 Å². The summed E-state index contributed by atoms with van der Waals surface area (Å²) in [5, 5.41) is 0.812. The molecule has 2 N–H and O–H groups in total. The molecule has 0 saturated heterocycles. The molecule has 0 aliphatic heterocycles. The minimum Gasteiger partial charge on any atom is -0.364 e. The Balaban J connectivity index is 2.83. The number of hydrogen-bond acceptors (Lipinski definition) is 3. The normalized spacial score (nSPS) is 10.5. The monoisotopic (exact) mass is 256 g/mol. The fourth-order valence-electron chi connectivity index (χ4n) is 1.11. The predicted octanol–water partition coefficient (Wildman–Crippen LogP) is 2.16. The summed E-state index contributed by atoms with van der Waals surface area (Å²) in [6, 6.07) is 5.60. The van der Waals surface area contributed by atoms with Crippen LogP contribution in [0.1, 0.15) is 10.5 Å². The van der Waals surface area contributed by atoms with Gasteiger partial charge in [-0.2, -0.15) is 4.37 Å². The van der Waals surface area contributed by atoms with E-state index >= 15 is 0 Å². The van der Waals surface area contributed by atoms with Gasteiger partial charge in [-0.1, -0.05) is 12.1 Å². The minimum absolute atomic E-state index is 0.348. The summed E-state index contributed by atoms with van der Waals surface area (Å²) in [5.41, 5.74) is 5.51. The van der Waals surface area contributed by atoms with Crippen molar-refractivity contribution in [3.63, 3.8) is 0 Å². The second kappa shape index (κ2) is 3.08. The number of nitrogens with zero attached hydrogens (tertiary/aromatic N) is 1. The zero-order valence-electron chi connectivity index (χ0n) is 6.45. The molecule has 1 aromatic carbocycles. The first kappa shape index (κ1) is 8.65. The van der Waals surface area contributed by atoms with Crippen LogP contribution >= 0.6 is 27.5 Å². The molecular weight excluding hydrogens is 252 g/mol. The summed E-state index contributed by atoms with van der Waals surface area (Å²) in [7, 11) is 0. The lowest BCUT2D eigenvalue weighted by Crippen LogP contribution is -2.11. The Labute approximate surface area is 86.8 Å². The fourth-order valence-corrected chi connectivity index (χ4v) is 2.48. The smallest absolute Gasteiger partial charge is 0.269 e. The van der Waals surface area contributed by atoms with Crippen LogP contribution in [0.4, 0.5) is 0 Å². The molecule has 0 fully saturated rings. The number of halogens is 1. The average Bonchev–Trinajstić information content (AvgIpc) is 2.48. The van der Waals surface area contributed by atoms with Crippen LogP contribution in [0, 0.1) is 0 Å². The van der Waals surface area contributed by atoms with Crippen molar-refractivity contribution in [3.05, 3.63) is 28.4 Å². The van der Waals surface area contributed by atoms with Gasteiger partial charge >= 0.3 is 0 Å². The number of nitrogens with two attached hydrogens (primary N) is 1. The highest BCUT2D eigenvalue weighted by molar-refractivity contribution is 9.10. The molecule has 2 rings (SSSR count). The predicted molar refractivity (Wildman–Crippen MR) is 55.8 cm³/mol. The lowest BCUT2D eigenvalue weighted by Gasteiger charge is -1.92. The Morgan fingerprint density at radius 3 is 3.00 bits per heavy atom. The molecule has 0 atom stereocenters. The number of aromatic nitrogens is 1. The van der Waals surface area contributed by atoms with Crippen molar-refractivity contribution < 1.29 is 4.79 Å². The molecule has 0 spiro atoms. The highest BCUT2D eigenvalue weighted by Crippen LogP contribution is 2.29. The lowest BCUT2D eigenvalue weighted by molar-refractivity contribution is 0.0998. The quantitative estimate of drug-likeness (QED) is 0.851. The molecule has 0 unspecified atom stereocenters. The molecule has 0 bridgehead atoms. The number of rotatable bonds is 1. The number of amides is 1. The van der Waals surface area contributed by atoms with Gasteiger partial charge in [0, 0.05) is 9.86 Å². The minimum atomic E-state index is -0.482. The van der Waals surface area contributed by atoms with Crippen LogP contribution in [0.15, 0.2) is 22.7 Å². The molecule has 1 heterocycles. The highest BCUT2D eigenvalue weighted by atomic mass is 79.9. The third-order valence-corrected chi connectivity index (χ3v) is 3.50. The van der Waals surface area contributed by atoms with Crippen LogP contribution in [0.25, 0.3) is 10.1 Å². The summed E-state index contributed by atoms with van der Waals surface area (Å²) >= 11 is 4.65. The first-order valence-corrected chi connectivity index (χ1v) is 5.10. The molecule has 0 aliphatic rings. The Morgan fingerprint density at radius 2 is 2.31 bits per heavy atom. The van der Waals surface area contributed by atoms with Gasteiger partial charge in [0.2, 0.25) is 0 Å². The van der Waals surface area contributed by atoms with Gasteiger partial charge in [-0.05, 0) is 33.5 Å². The molecule has 0 saturated carbocycles. The van der Waals surface area contributed by atoms with Crippen molar-refractivity contribution in [1.29, 1.82) is 0 Å². The second-order valence-corrected chi connectivity index (χ2v) is 4.14. The van der Waals surface area contributed by atoms with E-state index in [4.69, 9.17) is 5.73 Å². The summed E-state index contributed by atoms with van der Waals surface area (Å²) in [6.07, 6.45) is 0. The third-order valence-electron chi connectivity index (χ3n) is 1.68. The maximum Gasteiger partial charge on any atom is 0.269 e. The Bertz CT molecular complexity index is 480. The van der Waals surface area contributed by atoms with Gasteiger partial charge < -0.3 is 5.73 Å². The Kier molecular flexibility index (Phi) is 2.05. The van der Waals surface area contributed by atoms with Crippen molar-refractivity contribution in [3.8, 4) is 0 Å². The van der Waals surface area contributed by atoms with Crippen molar-refractivity contribution >= 4 is 43.5 Å². The molecule has 5 heteroatoms. The second-order valence-electron chi connectivity index (χ2n) is 2.51. The van der Waals surface area contributed by atoms with E-state index in [0.717, 1.165) is 14.6 Å². The van der Waals surface area contributed by atoms with E-state index in [1.54, 1.807) is 0 Å². The van der Waals surface area contributed by atoms with Gasteiger partial charge in [0.15, 0.2) is 0 Å². The van der Waals surface area contributed by atoms with E-state index in [1.165, 1.54) is 11.5 Å². The van der Waals surface area contributed by atoms with E-state index in [2.05, 4.69) is 20.3 Å². The zero-order valence-corrected chi connectivity index (χ0v) is 8.85. The molecule has 1 aromatic heterocycles. The van der Waals surface area contributed by atoms with Crippen LogP contribution < -0.4 is 5.73 Å². The largest absolute Gasteiger partial charge is 0.364 e. The van der Waals surface area contributed by atoms with Crippen molar-refractivity contribution in [2.45, 2.75) is 0 Å². The summed E-state index contributed by atoms with van der Waals surface area (Å²) in [5.74, 6) is -0.482. The van der Waals surface area contributed by atoms with Crippen LogP contribution in [-0.2, 0) is 0 Å². The Morgan fingerprint density at radius 1 is 1.54 bits per heavy atom. The topological polar surface area (TPSA) is 56.0 Å². The molecule has 2 aromatic rings. The van der Waals surface area contributed by atoms with Crippen molar-refractivity contribution in [2.24, 2.45) is 5.73 Å². The number of benzene rings is 1. The third kappa shape index (κ3) is 1.34. The van der Waals surface area contributed by atoms with E-state index in [-0.39, 0.29) is 0 Å². The van der Waals surface area contributed by atoms with Crippen LogP contribution in [0.3, 0.4) is 0 Å². The number of primary amides is 1. The summed E-state index contributed by atoms with van der Waals surface area (Å²) in [4.78, 5) is 10.9. The van der Waals surface area contributed by atoms with Gasteiger partial charge in [0.1, 0.15) is 5.69 Å². The number of fused-ring (bicyclic) bond motifs is 1. The molecule has 66 valence electrons. The number of hydrogen-bond donors (Lipinski definition) is 1. The maximum atomic E-state index is 10.9. The highest BCUT2D eigenvalue weighted by Gasteiger charge is 2.11. The van der Waals surface area contributed by atoms with Gasteiger partial charge in [0.25, 0.3) is 5.91 Å². The molecular formula is C8H5BrN2OS. The SMILES string of the molecule is NC(=O)c1nsc2c(Br)cccc12. The van der Waals surface area contributed by atoms with Gasteiger partial charge in [-0.25, -0.2) is 0 Å². The molecule has 13 heavy (non-hydrogen) atoms. The average molecular weight is 257 g/mol. The summed E-state index contributed by atoms with van der Waals surface area (Å²) in [6.45, 7) is 0. The first-order chi connectivity index (χ1) is 6.20. The van der Waals surface area contributed by atoms with Gasteiger partial charge in [0.05, 0.1) is 4.70 Å². The van der Waals surface area contributed by atoms with Gasteiger partial charge in [-0.15, -0.1) is 0 Å². The summed E-state index contributed by atoms with van der Waals surface area (Å²) < 4.78 is 5.89. The molecule has 0 radical (unpaired) electrons. The van der Waals surface area contributed by atoms with Crippen molar-refractivity contribution in [2.75, 3.05) is 0 Å². The lowest BCUT2D eigenvalue weighted by atomic mass is 10.2. The van der Waals surface area contributed by atoms with E-state index in [1.807, 2.05) is 18.2 Å². The van der Waals surface area contributed by atoms with E-state index < -0.39 is 5.91 Å². The molecule has 0 aliphatic carbocycles. The molecule has 3 nitrogen and oxygen atoms in total. The fraction of sp³-hybridized carbons (Fsp3) is 0. The standard InChI is InChI=1S/C8H5BrN2OS/c9-5-3-1-2-4-6(8(10)12)11-13-7(4)5/h1-3H,(H2,10,12). The van der Waals surface area contributed by atoms with Crippen molar-refractivity contribution in [1.82, 2.24) is 4.37 Å². The number of carbonyl (C=O) groups excluding carboxylic acids is 1. The van der Waals surface area contributed by atoms with E-state index in [0.29, 0.717) is 5.69 Å². The molecule has 1 amide bonds. The first-order valence-electron chi connectivity index (χ1n) is 3.54. The van der Waals surface area contributed by atoms with Gasteiger partial charge in [-0.3, -0.25) is 4.79 Å². The Hall–Kier alpha value is -0.940. The zero-order chi connectivity index (χ0) is 9.42. The number of carbonyl (C=O) groups is 1. The van der Waals surface area contributed by atoms with Crippen LogP contribution in [0.5, 0.6) is 0 Å². The van der Waals surface area contributed by atoms with Crippen LogP contribution in [-0.4, -0.2) is 10.3 Å².